The molecule has 166 valence electrons. The van der Waals surface area contributed by atoms with Crippen LogP contribution in [0.2, 0.25) is 0 Å². The molecule has 0 radical (unpaired) electrons. The Morgan fingerprint density at radius 1 is 1.19 bits per heavy atom. The van der Waals surface area contributed by atoms with E-state index in [9.17, 15) is 21.6 Å². The van der Waals surface area contributed by atoms with Crippen molar-refractivity contribution in [2.45, 2.75) is 17.7 Å². The van der Waals surface area contributed by atoms with E-state index >= 15 is 0 Å². The minimum Gasteiger partial charge on any atom is -0.495 e. The van der Waals surface area contributed by atoms with Crippen LogP contribution in [0, 0.1) is 0 Å². The molecule has 2 aromatic carbocycles. The Balaban J connectivity index is 2.12. The highest BCUT2D eigenvalue weighted by Crippen LogP contribution is 2.38. The Morgan fingerprint density at radius 2 is 1.94 bits per heavy atom. The minimum absolute atomic E-state index is 0.114. The largest absolute Gasteiger partial charge is 0.495 e. The van der Waals surface area contributed by atoms with Crippen molar-refractivity contribution >= 4 is 43.5 Å². The Kier molecular flexibility index (Phi) is 6.27. The summed E-state index contributed by atoms with van der Waals surface area (Å²) in [5, 5.41) is 8.84. The SMILES string of the molecule is COc1ccc(/C=C/C(=O)O)cc1S(=O)(=O)N1CCCc2c(NS(C)(=O)=O)cccc21. The van der Waals surface area contributed by atoms with Crippen LogP contribution in [-0.4, -0.2) is 47.8 Å². The monoisotopic (exact) mass is 466 g/mol. The molecule has 0 amide bonds. The van der Waals surface area contributed by atoms with Gasteiger partial charge in [-0.2, -0.15) is 0 Å². The van der Waals surface area contributed by atoms with Gasteiger partial charge in [0.15, 0.2) is 0 Å². The fourth-order valence-corrected chi connectivity index (χ4v) is 5.74. The molecule has 0 spiro atoms. The van der Waals surface area contributed by atoms with Gasteiger partial charge in [-0.3, -0.25) is 9.03 Å². The Bertz CT molecular complexity index is 1250. The average Bonchev–Trinajstić information content (AvgIpc) is 2.70. The number of fused-ring (bicyclic) bond motifs is 1. The molecule has 0 saturated heterocycles. The van der Waals surface area contributed by atoms with Crippen LogP contribution in [0.5, 0.6) is 5.75 Å². The summed E-state index contributed by atoms with van der Waals surface area (Å²) in [6, 6.07) is 9.16. The molecule has 3 rings (SSSR count). The van der Waals surface area contributed by atoms with E-state index < -0.39 is 26.0 Å². The van der Waals surface area contributed by atoms with Gasteiger partial charge in [0.05, 0.1) is 24.7 Å². The molecule has 9 nitrogen and oxygen atoms in total. The smallest absolute Gasteiger partial charge is 0.328 e. The number of sulfonamides is 2. The summed E-state index contributed by atoms with van der Waals surface area (Å²) in [6.07, 6.45) is 4.25. The zero-order valence-electron chi connectivity index (χ0n) is 16.9. The highest BCUT2D eigenvalue weighted by atomic mass is 32.2. The lowest BCUT2D eigenvalue weighted by Crippen LogP contribution is -2.36. The van der Waals surface area contributed by atoms with Gasteiger partial charge in [0.25, 0.3) is 10.0 Å². The summed E-state index contributed by atoms with van der Waals surface area (Å²) < 4.78 is 59.5. The molecule has 2 aromatic rings. The quantitative estimate of drug-likeness (QED) is 0.599. The van der Waals surface area contributed by atoms with E-state index in [4.69, 9.17) is 9.84 Å². The standard InChI is InChI=1S/C20H22N2O7S2/c1-29-18-10-8-14(9-11-20(23)24)13-19(18)31(27,28)22-12-4-5-15-16(21-30(2,25)26)6-3-7-17(15)22/h3,6-11,13,21H,4-5,12H2,1-2H3,(H,23,24)/b11-9+. The summed E-state index contributed by atoms with van der Waals surface area (Å²) in [5.74, 6) is -1.04. The van der Waals surface area contributed by atoms with E-state index in [1.165, 1.54) is 29.6 Å². The van der Waals surface area contributed by atoms with Crippen molar-refractivity contribution in [2.24, 2.45) is 0 Å². The third kappa shape index (κ3) is 5.00. The maximum atomic E-state index is 13.6. The minimum atomic E-state index is -4.09. The molecule has 0 atom stereocenters. The van der Waals surface area contributed by atoms with Crippen LogP contribution in [0.25, 0.3) is 6.08 Å². The number of aliphatic carboxylic acids is 1. The van der Waals surface area contributed by atoms with Crippen LogP contribution in [0.15, 0.2) is 47.4 Å². The molecule has 0 aromatic heterocycles. The highest BCUT2D eigenvalue weighted by Gasteiger charge is 2.32. The summed E-state index contributed by atoms with van der Waals surface area (Å²) >= 11 is 0. The van der Waals surface area contributed by atoms with Crippen LogP contribution in [-0.2, 0) is 31.3 Å². The van der Waals surface area contributed by atoms with E-state index in [1.807, 2.05) is 0 Å². The van der Waals surface area contributed by atoms with Gasteiger partial charge in [0.1, 0.15) is 10.6 Å². The predicted molar refractivity (Wildman–Crippen MR) is 117 cm³/mol. The number of hydrogen-bond donors (Lipinski definition) is 2. The molecular weight excluding hydrogens is 444 g/mol. The van der Waals surface area contributed by atoms with Crippen LogP contribution < -0.4 is 13.8 Å². The molecule has 0 saturated carbocycles. The number of carbonyl (C=O) groups is 1. The number of methoxy groups -OCH3 is 1. The van der Waals surface area contributed by atoms with Gasteiger partial charge in [0.2, 0.25) is 10.0 Å². The van der Waals surface area contributed by atoms with Crippen LogP contribution in [0.1, 0.15) is 17.5 Å². The van der Waals surface area contributed by atoms with Gasteiger partial charge in [-0.15, -0.1) is 0 Å². The summed E-state index contributed by atoms with van der Waals surface area (Å²) in [6.45, 7) is 0.204. The van der Waals surface area contributed by atoms with Crippen molar-refractivity contribution in [1.82, 2.24) is 0 Å². The lowest BCUT2D eigenvalue weighted by molar-refractivity contribution is -0.131. The molecule has 1 heterocycles. The fraction of sp³-hybridized carbons (Fsp3) is 0.250. The first-order chi connectivity index (χ1) is 14.5. The highest BCUT2D eigenvalue weighted by molar-refractivity contribution is 7.93. The van der Waals surface area contributed by atoms with E-state index in [-0.39, 0.29) is 17.2 Å². The second-order valence-corrected chi connectivity index (χ2v) is 10.5. The van der Waals surface area contributed by atoms with Crippen molar-refractivity contribution in [1.29, 1.82) is 0 Å². The molecular formula is C20H22N2O7S2. The van der Waals surface area contributed by atoms with E-state index in [1.54, 1.807) is 24.3 Å². The maximum Gasteiger partial charge on any atom is 0.328 e. The Hall–Kier alpha value is -3.05. The van der Waals surface area contributed by atoms with Crippen molar-refractivity contribution in [3.8, 4) is 5.75 Å². The third-order valence-electron chi connectivity index (χ3n) is 4.68. The lowest BCUT2D eigenvalue weighted by atomic mass is 10.0. The number of ether oxygens (including phenoxy) is 1. The molecule has 0 unspecified atom stereocenters. The van der Waals surface area contributed by atoms with Crippen molar-refractivity contribution in [2.75, 3.05) is 28.9 Å². The molecule has 1 aliphatic heterocycles. The van der Waals surface area contributed by atoms with Gasteiger partial charge < -0.3 is 9.84 Å². The molecule has 1 aliphatic rings. The normalized spacial score (nSPS) is 14.3. The lowest BCUT2D eigenvalue weighted by Gasteiger charge is -2.32. The fourth-order valence-electron chi connectivity index (χ4n) is 3.42. The number of carboxylic acids is 1. The second kappa shape index (κ2) is 8.60. The first-order valence-electron chi connectivity index (χ1n) is 9.24. The van der Waals surface area contributed by atoms with E-state index in [2.05, 4.69) is 4.72 Å². The summed E-state index contributed by atoms with van der Waals surface area (Å²) in [4.78, 5) is 10.7. The molecule has 2 N–H and O–H groups in total. The molecule has 31 heavy (non-hydrogen) atoms. The van der Waals surface area contributed by atoms with Crippen LogP contribution in [0.3, 0.4) is 0 Å². The van der Waals surface area contributed by atoms with Crippen molar-refractivity contribution in [3.63, 3.8) is 0 Å². The Labute approximate surface area is 181 Å². The van der Waals surface area contributed by atoms with Gasteiger partial charge in [-0.05, 0) is 48.7 Å². The van der Waals surface area contributed by atoms with Gasteiger partial charge >= 0.3 is 5.97 Å². The number of rotatable bonds is 7. The average molecular weight is 467 g/mol. The second-order valence-electron chi connectivity index (χ2n) is 6.94. The zero-order valence-corrected chi connectivity index (χ0v) is 18.5. The van der Waals surface area contributed by atoms with Crippen LogP contribution >= 0.6 is 0 Å². The Morgan fingerprint density at radius 3 is 2.58 bits per heavy atom. The van der Waals surface area contributed by atoms with Crippen molar-refractivity contribution < 1.29 is 31.5 Å². The molecule has 0 aliphatic carbocycles. The molecule has 0 bridgehead atoms. The number of benzene rings is 2. The van der Waals surface area contributed by atoms with Crippen molar-refractivity contribution in [3.05, 3.63) is 53.6 Å². The first kappa shape index (κ1) is 22.6. The molecule has 0 fully saturated rings. The number of nitrogens with one attached hydrogen (secondary N) is 1. The van der Waals surface area contributed by atoms with E-state index in [0.29, 0.717) is 35.3 Å². The van der Waals surface area contributed by atoms with E-state index in [0.717, 1.165) is 12.3 Å². The molecule has 11 heteroatoms. The zero-order chi connectivity index (χ0) is 22.8. The van der Waals surface area contributed by atoms with Gasteiger partial charge in [-0.1, -0.05) is 12.1 Å². The third-order valence-corrected chi connectivity index (χ3v) is 7.10. The summed E-state index contributed by atoms with van der Waals surface area (Å²) in [5.41, 5.74) is 1.69. The van der Waals surface area contributed by atoms with Gasteiger partial charge in [-0.25, -0.2) is 21.6 Å². The number of nitrogens with zero attached hydrogens (tertiary/aromatic N) is 1. The number of hydrogen-bond acceptors (Lipinski definition) is 6. The number of carboxylic acid groups (broad SMARTS) is 1. The topological polar surface area (TPSA) is 130 Å². The maximum absolute atomic E-state index is 13.6. The summed E-state index contributed by atoms with van der Waals surface area (Å²) in [7, 11) is -6.28. The van der Waals surface area contributed by atoms with Gasteiger partial charge in [0, 0.05) is 18.2 Å². The number of anilines is 2. The predicted octanol–water partition coefficient (Wildman–Crippen LogP) is 2.31. The first-order valence-corrected chi connectivity index (χ1v) is 12.6. The van der Waals surface area contributed by atoms with Crippen LogP contribution in [0.4, 0.5) is 11.4 Å².